The normalized spacial score (nSPS) is 27.1. The third-order valence-electron chi connectivity index (χ3n) is 9.31. The first-order valence-corrected chi connectivity index (χ1v) is 13.9. The topological polar surface area (TPSA) is 108 Å². The highest BCUT2D eigenvalue weighted by atomic mass is 16.7. The number of hydrogen-bond acceptors (Lipinski definition) is 5. The molecule has 3 fully saturated rings. The molecule has 38 heavy (non-hydrogen) atoms. The van der Waals surface area contributed by atoms with Crippen molar-refractivity contribution in [1.29, 1.82) is 0 Å². The number of carbonyl (C=O) groups is 2. The van der Waals surface area contributed by atoms with E-state index in [1.165, 1.54) is 7.05 Å². The minimum atomic E-state index is -1.09. The molecule has 0 spiro atoms. The number of likely N-dealkylation sites (tertiary alicyclic amines) is 1. The van der Waals surface area contributed by atoms with Crippen molar-refractivity contribution >= 4 is 35.6 Å². The van der Waals surface area contributed by atoms with Crippen molar-refractivity contribution in [3.05, 3.63) is 24.0 Å². The van der Waals surface area contributed by atoms with Crippen molar-refractivity contribution < 1.29 is 24.0 Å². The number of amides is 2. The molecule has 1 saturated carbocycles. The molecule has 3 aliphatic rings. The van der Waals surface area contributed by atoms with Gasteiger partial charge in [0, 0.05) is 13.1 Å². The number of carbonyl (C=O) groups excluding carboxylic acids is 1. The summed E-state index contributed by atoms with van der Waals surface area (Å²) in [4.78, 5) is 37.5. The number of benzene rings is 1. The van der Waals surface area contributed by atoms with E-state index in [-0.39, 0.29) is 23.9 Å². The lowest BCUT2D eigenvalue weighted by atomic mass is 9.79. The Hall–Kier alpha value is -2.59. The minimum Gasteiger partial charge on any atom is -0.465 e. The van der Waals surface area contributed by atoms with Crippen LogP contribution in [0.3, 0.4) is 0 Å². The first-order chi connectivity index (χ1) is 17.8. The molecule has 2 N–H and O–H groups in total. The Kier molecular flexibility index (Phi) is 6.79. The average Bonchev–Trinajstić information content (AvgIpc) is 3.49. The average molecular weight is 524 g/mol. The number of aromatic amines is 1. The van der Waals surface area contributed by atoms with Crippen molar-refractivity contribution in [2.45, 2.75) is 103 Å². The quantitative estimate of drug-likeness (QED) is 0.564. The highest BCUT2D eigenvalue weighted by Gasteiger charge is 2.52. The van der Waals surface area contributed by atoms with E-state index in [1.54, 1.807) is 0 Å². The standard InChI is InChI=1S/C28H41BN4O5/c1-16(2)23(32(7)26(35)36)25(34)33-21-11-9-8-10-17(21)14-22(33)24-30-19-13-12-18(15-20(19)31-24)29-37-27(3,4)28(5,6)38-29/h12-13,15-17,21-23H,8-11,14H2,1-7H3,(H,30,31)(H,35,36)/t17-,21-,22-,23+/m0/s1. The van der Waals surface area contributed by atoms with Crippen LogP contribution in [0.25, 0.3) is 11.0 Å². The third kappa shape index (κ3) is 4.49. The lowest BCUT2D eigenvalue weighted by Crippen LogP contribution is -2.54. The summed E-state index contributed by atoms with van der Waals surface area (Å²) in [7, 11) is 1.02. The molecule has 1 aromatic heterocycles. The van der Waals surface area contributed by atoms with Crippen molar-refractivity contribution in [3.8, 4) is 0 Å². The van der Waals surface area contributed by atoms with Crippen LogP contribution in [0, 0.1) is 11.8 Å². The van der Waals surface area contributed by atoms with Gasteiger partial charge in [-0.2, -0.15) is 0 Å². The second-order valence-electron chi connectivity index (χ2n) is 12.7. The fourth-order valence-corrected chi connectivity index (χ4v) is 6.52. The second kappa shape index (κ2) is 9.56. The number of H-pyrrole nitrogens is 1. The molecule has 4 atom stereocenters. The summed E-state index contributed by atoms with van der Waals surface area (Å²) in [6, 6.07) is 5.14. The van der Waals surface area contributed by atoms with Gasteiger partial charge in [-0.1, -0.05) is 32.8 Å². The second-order valence-corrected chi connectivity index (χ2v) is 12.7. The van der Waals surface area contributed by atoms with Crippen molar-refractivity contribution in [1.82, 2.24) is 19.8 Å². The van der Waals surface area contributed by atoms with Crippen LogP contribution in [0.15, 0.2) is 18.2 Å². The van der Waals surface area contributed by atoms with Gasteiger partial charge in [0.05, 0.1) is 28.3 Å². The van der Waals surface area contributed by atoms with E-state index in [2.05, 4.69) is 4.98 Å². The van der Waals surface area contributed by atoms with Gasteiger partial charge in [0.1, 0.15) is 11.9 Å². The molecule has 2 amide bonds. The van der Waals surface area contributed by atoms with E-state index in [9.17, 15) is 14.7 Å². The maximum atomic E-state index is 14.1. The van der Waals surface area contributed by atoms with Crippen LogP contribution < -0.4 is 5.46 Å². The van der Waals surface area contributed by atoms with Gasteiger partial charge < -0.3 is 24.3 Å². The van der Waals surface area contributed by atoms with Gasteiger partial charge in [-0.15, -0.1) is 0 Å². The number of aromatic nitrogens is 2. The molecule has 1 aromatic carbocycles. The van der Waals surface area contributed by atoms with Crippen LogP contribution in [0.4, 0.5) is 4.79 Å². The minimum absolute atomic E-state index is 0.109. The smallest absolute Gasteiger partial charge is 0.465 e. The molecule has 0 bridgehead atoms. The van der Waals surface area contributed by atoms with Crippen LogP contribution in [0.1, 0.15) is 85.5 Å². The van der Waals surface area contributed by atoms with Gasteiger partial charge in [0.25, 0.3) is 0 Å². The Morgan fingerprint density at radius 3 is 2.45 bits per heavy atom. The number of fused-ring (bicyclic) bond motifs is 2. The molecular formula is C28H41BN4O5. The summed E-state index contributed by atoms with van der Waals surface area (Å²) in [5.74, 6) is 0.885. The summed E-state index contributed by atoms with van der Waals surface area (Å²) in [6.07, 6.45) is 4.01. The molecule has 2 saturated heterocycles. The van der Waals surface area contributed by atoms with Crippen LogP contribution in [0.2, 0.25) is 0 Å². The molecule has 1 aliphatic carbocycles. The first-order valence-electron chi connectivity index (χ1n) is 13.9. The number of nitrogens with one attached hydrogen (secondary N) is 1. The van der Waals surface area contributed by atoms with Gasteiger partial charge in [-0.25, -0.2) is 9.78 Å². The van der Waals surface area contributed by atoms with Crippen molar-refractivity contribution in [2.24, 2.45) is 11.8 Å². The monoisotopic (exact) mass is 524 g/mol. The van der Waals surface area contributed by atoms with Crippen LogP contribution >= 0.6 is 0 Å². The Morgan fingerprint density at radius 2 is 1.82 bits per heavy atom. The van der Waals surface area contributed by atoms with Crippen LogP contribution in [0.5, 0.6) is 0 Å². The Balaban J connectivity index is 1.48. The molecular weight excluding hydrogens is 483 g/mol. The number of carboxylic acid groups (broad SMARTS) is 1. The van der Waals surface area contributed by atoms with Crippen molar-refractivity contribution in [3.63, 3.8) is 0 Å². The zero-order chi connectivity index (χ0) is 27.6. The lowest BCUT2D eigenvalue weighted by Gasteiger charge is -2.38. The molecule has 3 heterocycles. The van der Waals surface area contributed by atoms with E-state index >= 15 is 0 Å². The summed E-state index contributed by atoms with van der Waals surface area (Å²) < 4.78 is 12.5. The van der Waals surface area contributed by atoms with Gasteiger partial charge in [0.2, 0.25) is 5.91 Å². The van der Waals surface area contributed by atoms with E-state index in [1.807, 2.05) is 64.6 Å². The van der Waals surface area contributed by atoms with Crippen LogP contribution in [-0.4, -0.2) is 74.3 Å². The van der Waals surface area contributed by atoms with E-state index in [0.717, 1.165) is 59.3 Å². The van der Waals surface area contributed by atoms with Crippen molar-refractivity contribution in [2.75, 3.05) is 7.05 Å². The molecule has 0 radical (unpaired) electrons. The number of nitrogens with zero attached hydrogens (tertiary/aromatic N) is 3. The Labute approximate surface area is 225 Å². The number of hydrogen-bond donors (Lipinski definition) is 2. The molecule has 5 rings (SSSR count). The summed E-state index contributed by atoms with van der Waals surface area (Å²) >= 11 is 0. The predicted octanol–water partition coefficient (Wildman–Crippen LogP) is 4.33. The molecule has 9 nitrogen and oxygen atoms in total. The number of rotatable bonds is 5. The number of imidazole rings is 1. The molecule has 2 aliphatic heterocycles. The Morgan fingerprint density at radius 1 is 1.16 bits per heavy atom. The zero-order valence-corrected chi connectivity index (χ0v) is 23.7. The molecule has 206 valence electrons. The predicted molar refractivity (Wildman–Crippen MR) is 146 cm³/mol. The summed E-state index contributed by atoms with van der Waals surface area (Å²) in [6.45, 7) is 12.0. The third-order valence-corrected chi connectivity index (χ3v) is 9.31. The first kappa shape index (κ1) is 27.0. The van der Waals surface area contributed by atoms with Gasteiger partial charge in [0.15, 0.2) is 0 Å². The van der Waals surface area contributed by atoms with Gasteiger partial charge in [-0.05, 0) is 76.4 Å². The number of likely N-dealkylation sites (N-methyl/N-ethyl adjacent to an activating group) is 1. The lowest BCUT2D eigenvalue weighted by molar-refractivity contribution is -0.141. The van der Waals surface area contributed by atoms with Crippen LogP contribution in [-0.2, 0) is 14.1 Å². The summed E-state index contributed by atoms with van der Waals surface area (Å²) in [5.41, 5.74) is 1.76. The molecule has 10 heteroatoms. The molecule has 2 aromatic rings. The molecule has 0 unspecified atom stereocenters. The maximum Gasteiger partial charge on any atom is 0.494 e. The highest BCUT2D eigenvalue weighted by molar-refractivity contribution is 6.62. The zero-order valence-electron chi connectivity index (χ0n) is 23.7. The van der Waals surface area contributed by atoms with E-state index < -0.39 is 30.5 Å². The largest absolute Gasteiger partial charge is 0.494 e. The fourth-order valence-electron chi connectivity index (χ4n) is 6.52. The van der Waals surface area contributed by atoms with Gasteiger partial charge in [-0.3, -0.25) is 9.69 Å². The van der Waals surface area contributed by atoms with Gasteiger partial charge >= 0.3 is 13.2 Å². The highest BCUT2D eigenvalue weighted by Crippen LogP contribution is 2.46. The Bertz CT molecular complexity index is 1210. The summed E-state index contributed by atoms with van der Waals surface area (Å²) in [5, 5.41) is 9.70. The fraction of sp³-hybridized carbons (Fsp3) is 0.679. The maximum absolute atomic E-state index is 14.1. The van der Waals surface area contributed by atoms with E-state index in [4.69, 9.17) is 14.3 Å². The van der Waals surface area contributed by atoms with E-state index in [0.29, 0.717) is 5.92 Å². The SMILES string of the molecule is CC(C)[C@H](C(=O)N1[C@H](c2nc3ccc(B4OC(C)(C)C(C)(C)O4)cc3[nH]2)C[C@@H]2CCCC[C@@H]21)N(C)C(=O)O.